The van der Waals surface area contributed by atoms with Crippen LogP contribution in [-0.2, 0) is 5.41 Å². The van der Waals surface area contributed by atoms with Crippen LogP contribution in [-0.4, -0.2) is 0 Å². The van der Waals surface area contributed by atoms with Gasteiger partial charge in [-0.1, -0.05) is 166 Å². The topological polar surface area (TPSA) is 29.5 Å². The molecule has 9 aromatic carbocycles. The van der Waals surface area contributed by atoms with E-state index in [0.29, 0.717) is 0 Å². The van der Waals surface area contributed by atoms with Gasteiger partial charge in [-0.2, -0.15) is 0 Å². The van der Waals surface area contributed by atoms with E-state index < -0.39 is 0 Å². The molecule has 1 aliphatic carbocycles. The lowest BCUT2D eigenvalue weighted by Gasteiger charge is -2.29. The van der Waals surface area contributed by atoms with Crippen molar-refractivity contribution < 1.29 is 8.83 Å². The first-order valence-electron chi connectivity index (χ1n) is 20.7. The van der Waals surface area contributed by atoms with E-state index in [1.54, 1.807) is 0 Å². The van der Waals surface area contributed by atoms with Crippen molar-refractivity contribution in [3.8, 4) is 44.5 Å². The van der Waals surface area contributed by atoms with Crippen LogP contribution in [0.5, 0.6) is 0 Å². The van der Waals surface area contributed by atoms with Crippen LogP contribution in [0.15, 0.2) is 209 Å². The molecule has 0 saturated carbocycles. The summed E-state index contributed by atoms with van der Waals surface area (Å²) < 4.78 is 13.6. The monoisotopic (exact) mass is 769 g/mol. The molecular formula is C57H39NO2. The van der Waals surface area contributed by atoms with Crippen LogP contribution in [0.4, 0.5) is 17.1 Å². The minimum Gasteiger partial charge on any atom is -0.455 e. The summed E-state index contributed by atoms with van der Waals surface area (Å²) in [7, 11) is 0. The van der Waals surface area contributed by atoms with Gasteiger partial charge in [0.25, 0.3) is 0 Å². The molecule has 12 rings (SSSR count). The molecule has 0 amide bonds. The second-order valence-corrected chi connectivity index (χ2v) is 16.4. The third-order valence-electron chi connectivity index (χ3n) is 12.7. The molecular weight excluding hydrogens is 731 g/mol. The van der Waals surface area contributed by atoms with Gasteiger partial charge in [-0.15, -0.1) is 0 Å². The normalized spacial score (nSPS) is 13.0. The molecule has 2 aromatic heterocycles. The highest BCUT2D eigenvalue weighted by molar-refractivity contribution is 6.18. The molecule has 3 heteroatoms. The highest BCUT2D eigenvalue weighted by Crippen LogP contribution is 2.53. The Morgan fingerprint density at radius 2 is 0.900 bits per heavy atom. The van der Waals surface area contributed by atoms with Gasteiger partial charge >= 0.3 is 0 Å². The van der Waals surface area contributed by atoms with Gasteiger partial charge in [0, 0.05) is 44.1 Å². The second kappa shape index (κ2) is 13.2. The Morgan fingerprint density at radius 3 is 1.68 bits per heavy atom. The standard InChI is InChI=1S/C57H39NO2/c1-57(2)49-24-11-8-19-42(49)43-32-31-39(35-50(43)57)58(38-29-27-37(28-30-38)36-15-4-3-5-16-36)51-34-33-47(56-54(51)48-21-10-13-26-53(48)60-56)41-18-7-6-17-40(41)45-22-14-23-46-44-20-9-12-25-52(44)59-55(45)46/h3-35H,1-2H3. The van der Waals surface area contributed by atoms with E-state index in [1.807, 2.05) is 12.1 Å². The predicted octanol–water partition coefficient (Wildman–Crippen LogP) is 16.3. The first-order chi connectivity index (χ1) is 29.5. The Kier molecular flexibility index (Phi) is 7.58. The molecule has 0 saturated heterocycles. The van der Waals surface area contributed by atoms with E-state index in [0.717, 1.165) is 83.2 Å². The van der Waals surface area contributed by atoms with Crippen molar-refractivity contribution in [2.45, 2.75) is 19.3 Å². The number of para-hydroxylation sites is 3. The van der Waals surface area contributed by atoms with Crippen molar-refractivity contribution in [1.29, 1.82) is 0 Å². The molecule has 0 unspecified atom stereocenters. The average molecular weight is 770 g/mol. The van der Waals surface area contributed by atoms with Crippen molar-refractivity contribution in [3.63, 3.8) is 0 Å². The third-order valence-corrected chi connectivity index (χ3v) is 12.7. The van der Waals surface area contributed by atoms with Crippen LogP contribution in [0.25, 0.3) is 88.4 Å². The van der Waals surface area contributed by atoms with Crippen molar-refractivity contribution in [2.75, 3.05) is 4.90 Å². The number of rotatable bonds is 6. The van der Waals surface area contributed by atoms with Crippen molar-refractivity contribution in [1.82, 2.24) is 0 Å². The molecule has 60 heavy (non-hydrogen) atoms. The minimum absolute atomic E-state index is 0.154. The van der Waals surface area contributed by atoms with Gasteiger partial charge in [0.15, 0.2) is 0 Å². The van der Waals surface area contributed by atoms with Gasteiger partial charge in [-0.3, -0.25) is 0 Å². The van der Waals surface area contributed by atoms with E-state index in [-0.39, 0.29) is 5.41 Å². The Hall–Kier alpha value is -7.62. The first-order valence-corrected chi connectivity index (χ1v) is 20.7. The number of hydrogen-bond acceptors (Lipinski definition) is 3. The molecule has 284 valence electrons. The molecule has 0 spiro atoms. The molecule has 11 aromatic rings. The van der Waals surface area contributed by atoms with Crippen LogP contribution in [0, 0.1) is 0 Å². The number of furan rings is 2. The summed E-state index contributed by atoms with van der Waals surface area (Å²) in [6.07, 6.45) is 0. The highest BCUT2D eigenvalue weighted by Gasteiger charge is 2.36. The van der Waals surface area contributed by atoms with Gasteiger partial charge in [-0.25, -0.2) is 0 Å². The first kappa shape index (κ1) is 34.4. The molecule has 2 heterocycles. The van der Waals surface area contributed by atoms with E-state index in [2.05, 4.69) is 207 Å². The summed E-state index contributed by atoms with van der Waals surface area (Å²) >= 11 is 0. The van der Waals surface area contributed by atoms with Gasteiger partial charge in [0.2, 0.25) is 0 Å². The van der Waals surface area contributed by atoms with Crippen molar-refractivity contribution in [2.24, 2.45) is 0 Å². The number of nitrogens with zero attached hydrogens (tertiary/aromatic N) is 1. The fraction of sp³-hybridized carbons (Fsp3) is 0.0526. The smallest absolute Gasteiger partial charge is 0.145 e. The van der Waals surface area contributed by atoms with Crippen molar-refractivity contribution in [3.05, 3.63) is 211 Å². The summed E-state index contributed by atoms with van der Waals surface area (Å²) in [5.74, 6) is 0. The van der Waals surface area contributed by atoms with Crippen molar-refractivity contribution >= 4 is 60.9 Å². The summed E-state index contributed by atoms with van der Waals surface area (Å²) in [5.41, 5.74) is 18.4. The Labute approximate surface area is 348 Å². The Bertz CT molecular complexity index is 3460. The molecule has 0 aliphatic heterocycles. The quantitative estimate of drug-likeness (QED) is 0.169. The molecule has 0 atom stereocenters. The maximum absolute atomic E-state index is 7.00. The van der Waals surface area contributed by atoms with Crippen LogP contribution in [0.3, 0.4) is 0 Å². The molecule has 3 nitrogen and oxygen atoms in total. The SMILES string of the molecule is CC1(C)c2ccccc2-c2ccc(N(c3ccc(-c4ccccc4)cc3)c3ccc(-c4ccccc4-c4cccc5c4oc4ccccc45)c4oc5ccccc5c34)cc21. The molecule has 1 aliphatic rings. The number of anilines is 3. The molecule has 0 N–H and O–H groups in total. The fourth-order valence-corrected chi connectivity index (χ4v) is 9.81. The average Bonchev–Trinajstić information content (AvgIpc) is 3.95. The van der Waals surface area contributed by atoms with Crippen LogP contribution in [0.2, 0.25) is 0 Å². The van der Waals surface area contributed by atoms with Crippen LogP contribution in [0.1, 0.15) is 25.0 Å². The van der Waals surface area contributed by atoms with Crippen LogP contribution >= 0.6 is 0 Å². The zero-order chi connectivity index (χ0) is 40.0. The van der Waals surface area contributed by atoms with Gasteiger partial charge in [-0.05, 0) is 93.0 Å². The Balaban J connectivity index is 1.09. The lowest BCUT2D eigenvalue weighted by atomic mass is 9.82. The van der Waals surface area contributed by atoms with E-state index in [4.69, 9.17) is 8.83 Å². The number of fused-ring (bicyclic) bond motifs is 9. The summed E-state index contributed by atoms with van der Waals surface area (Å²) in [4.78, 5) is 2.42. The lowest BCUT2D eigenvalue weighted by molar-refractivity contribution is 0.660. The third kappa shape index (κ3) is 5.15. The summed E-state index contributed by atoms with van der Waals surface area (Å²) in [6.45, 7) is 4.70. The van der Waals surface area contributed by atoms with Gasteiger partial charge < -0.3 is 13.7 Å². The van der Waals surface area contributed by atoms with E-state index in [9.17, 15) is 0 Å². The number of hydrogen-bond donors (Lipinski definition) is 0. The summed E-state index contributed by atoms with van der Waals surface area (Å²) in [6, 6.07) is 71.7. The largest absolute Gasteiger partial charge is 0.455 e. The zero-order valence-corrected chi connectivity index (χ0v) is 33.3. The van der Waals surface area contributed by atoms with Gasteiger partial charge in [0.05, 0.1) is 11.1 Å². The molecule has 0 fully saturated rings. The van der Waals surface area contributed by atoms with Crippen LogP contribution < -0.4 is 4.90 Å². The maximum Gasteiger partial charge on any atom is 0.145 e. The highest BCUT2D eigenvalue weighted by atomic mass is 16.3. The van der Waals surface area contributed by atoms with E-state index >= 15 is 0 Å². The maximum atomic E-state index is 7.00. The molecule has 0 bridgehead atoms. The summed E-state index contributed by atoms with van der Waals surface area (Å²) in [5, 5.41) is 4.36. The fourth-order valence-electron chi connectivity index (χ4n) is 9.81. The Morgan fingerprint density at radius 1 is 0.367 bits per heavy atom. The lowest BCUT2D eigenvalue weighted by Crippen LogP contribution is -2.16. The minimum atomic E-state index is -0.154. The zero-order valence-electron chi connectivity index (χ0n) is 33.3. The van der Waals surface area contributed by atoms with Gasteiger partial charge in [0.1, 0.15) is 22.3 Å². The second-order valence-electron chi connectivity index (χ2n) is 16.4. The predicted molar refractivity (Wildman–Crippen MR) is 250 cm³/mol. The molecule has 0 radical (unpaired) electrons. The number of benzene rings is 9. The van der Waals surface area contributed by atoms with E-state index in [1.165, 1.54) is 33.4 Å².